The van der Waals surface area contributed by atoms with Gasteiger partial charge in [0.25, 0.3) is 0 Å². The summed E-state index contributed by atoms with van der Waals surface area (Å²) < 4.78 is 11.5. The monoisotopic (exact) mass is 426 g/mol. The number of aromatic nitrogens is 1. The zero-order valence-electron chi connectivity index (χ0n) is 19.4. The summed E-state index contributed by atoms with van der Waals surface area (Å²) in [5.74, 6) is 1.39. The highest BCUT2D eigenvalue weighted by molar-refractivity contribution is 5.88. The van der Waals surface area contributed by atoms with Crippen LogP contribution >= 0.6 is 0 Å². The van der Waals surface area contributed by atoms with Gasteiger partial charge in [-0.2, -0.15) is 0 Å². The summed E-state index contributed by atoms with van der Waals surface area (Å²) in [5, 5.41) is 1.07. The molecule has 2 N–H and O–H groups in total. The van der Waals surface area contributed by atoms with Gasteiger partial charge < -0.3 is 15.2 Å². The molecule has 0 fully saturated rings. The molecule has 4 nitrogen and oxygen atoms in total. The molecule has 0 aliphatic rings. The fourth-order valence-electron chi connectivity index (χ4n) is 4.05. The van der Waals surface area contributed by atoms with E-state index < -0.39 is 0 Å². The third kappa shape index (κ3) is 4.06. The van der Waals surface area contributed by atoms with Gasteiger partial charge >= 0.3 is 0 Å². The first-order chi connectivity index (χ1) is 15.4. The van der Waals surface area contributed by atoms with Crippen molar-refractivity contribution in [3.05, 3.63) is 78.0 Å². The first kappa shape index (κ1) is 21.8. The van der Waals surface area contributed by atoms with Gasteiger partial charge in [0.05, 0.1) is 25.4 Å². The van der Waals surface area contributed by atoms with Crippen LogP contribution in [0.4, 0.5) is 0 Å². The van der Waals surface area contributed by atoms with Gasteiger partial charge in [0.1, 0.15) is 0 Å². The van der Waals surface area contributed by atoms with Crippen LogP contribution in [0, 0.1) is 0 Å². The Kier molecular flexibility index (Phi) is 5.90. The number of fused-ring (bicyclic) bond motifs is 1. The van der Waals surface area contributed by atoms with E-state index in [-0.39, 0.29) is 5.41 Å². The second-order valence-corrected chi connectivity index (χ2v) is 8.97. The molecule has 0 aliphatic carbocycles. The highest BCUT2D eigenvalue weighted by atomic mass is 16.5. The predicted molar refractivity (Wildman–Crippen MR) is 132 cm³/mol. The Hall–Kier alpha value is -3.37. The Morgan fingerprint density at radius 3 is 2.16 bits per heavy atom. The molecule has 1 heterocycles. The quantitative estimate of drug-likeness (QED) is 0.404. The smallest absolute Gasteiger partial charge is 0.168 e. The van der Waals surface area contributed by atoms with Crippen molar-refractivity contribution < 1.29 is 9.47 Å². The van der Waals surface area contributed by atoms with E-state index in [4.69, 9.17) is 20.2 Å². The molecule has 0 saturated carbocycles. The molecule has 32 heavy (non-hydrogen) atoms. The normalized spacial score (nSPS) is 11.6. The van der Waals surface area contributed by atoms with E-state index in [2.05, 4.69) is 63.2 Å². The molecule has 164 valence electrons. The highest BCUT2D eigenvalue weighted by Crippen LogP contribution is 2.43. The van der Waals surface area contributed by atoms with Crippen LogP contribution in [0.2, 0.25) is 0 Å². The molecular weight excluding hydrogens is 396 g/mol. The number of hydrogen-bond donors (Lipinski definition) is 1. The Labute approximate surface area is 190 Å². The van der Waals surface area contributed by atoms with Crippen molar-refractivity contribution in [1.29, 1.82) is 0 Å². The lowest BCUT2D eigenvalue weighted by Gasteiger charge is -2.20. The van der Waals surface area contributed by atoms with E-state index in [9.17, 15) is 0 Å². The standard InChI is InChI=1S/C28H30N2O2/c1-28(2,3)21-12-10-18(11-13-21)23-15-20(16-26(31-4)27(23)32-5)22-14-19-8-6-7-9-24(19)30-25(22)17-29/h6-16H,17,29H2,1-5H3. The predicted octanol–water partition coefficient (Wildman–Crippen LogP) is 6.34. The van der Waals surface area contributed by atoms with Gasteiger partial charge in [-0.15, -0.1) is 0 Å². The maximum atomic E-state index is 6.09. The van der Waals surface area contributed by atoms with Crippen LogP contribution in [-0.2, 0) is 12.0 Å². The molecular formula is C28H30N2O2. The molecule has 4 aromatic rings. The summed E-state index contributed by atoms with van der Waals surface area (Å²) in [6, 6.07) is 23.0. The first-order valence-corrected chi connectivity index (χ1v) is 10.8. The van der Waals surface area contributed by atoms with E-state index in [1.807, 2.05) is 24.3 Å². The van der Waals surface area contributed by atoms with Gasteiger partial charge in [-0.25, -0.2) is 0 Å². The second kappa shape index (κ2) is 8.64. The molecule has 4 rings (SSSR count). The van der Waals surface area contributed by atoms with Crippen LogP contribution in [0.25, 0.3) is 33.2 Å². The lowest BCUT2D eigenvalue weighted by Crippen LogP contribution is -2.10. The summed E-state index contributed by atoms with van der Waals surface area (Å²) in [6.45, 7) is 7.00. The highest BCUT2D eigenvalue weighted by Gasteiger charge is 2.19. The van der Waals surface area contributed by atoms with Gasteiger partial charge in [-0.3, -0.25) is 4.98 Å². The molecule has 4 heteroatoms. The van der Waals surface area contributed by atoms with Crippen LogP contribution in [0.1, 0.15) is 32.0 Å². The number of nitrogens with two attached hydrogens (primary N) is 1. The van der Waals surface area contributed by atoms with Crippen molar-refractivity contribution in [3.8, 4) is 33.8 Å². The third-order valence-electron chi connectivity index (χ3n) is 5.85. The molecule has 0 spiro atoms. The Balaban J connectivity index is 1.93. The molecule has 0 atom stereocenters. The van der Waals surface area contributed by atoms with Crippen molar-refractivity contribution in [2.75, 3.05) is 14.2 Å². The van der Waals surface area contributed by atoms with Gasteiger partial charge in [0.15, 0.2) is 11.5 Å². The zero-order valence-corrected chi connectivity index (χ0v) is 19.4. The van der Waals surface area contributed by atoms with Crippen molar-refractivity contribution >= 4 is 10.9 Å². The minimum absolute atomic E-state index is 0.0922. The van der Waals surface area contributed by atoms with E-state index in [1.54, 1.807) is 14.2 Å². The summed E-state index contributed by atoms with van der Waals surface area (Å²) in [4.78, 5) is 4.81. The van der Waals surface area contributed by atoms with Crippen LogP contribution in [0.5, 0.6) is 11.5 Å². The SMILES string of the molecule is COc1cc(-c2cc3ccccc3nc2CN)cc(-c2ccc(C(C)(C)C)cc2)c1OC. The van der Waals surface area contributed by atoms with Crippen LogP contribution in [0.15, 0.2) is 66.7 Å². The topological polar surface area (TPSA) is 57.4 Å². The maximum absolute atomic E-state index is 6.09. The number of pyridine rings is 1. The van der Waals surface area contributed by atoms with Gasteiger partial charge in [-0.1, -0.05) is 63.2 Å². The van der Waals surface area contributed by atoms with Crippen molar-refractivity contribution in [2.45, 2.75) is 32.7 Å². The number of methoxy groups -OCH3 is 2. The minimum Gasteiger partial charge on any atom is -0.493 e. The number of para-hydroxylation sites is 1. The molecule has 0 unspecified atom stereocenters. The molecule has 0 radical (unpaired) electrons. The summed E-state index contributed by atoms with van der Waals surface area (Å²) >= 11 is 0. The van der Waals surface area contributed by atoms with Gasteiger partial charge in [0.2, 0.25) is 0 Å². The Morgan fingerprint density at radius 1 is 0.812 bits per heavy atom. The first-order valence-electron chi connectivity index (χ1n) is 10.8. The molecule has 0 bridgehead atoms. The van der Waals surface area contributed by atoms with E-state index in [0.717, 1.165) is 38.9 Å². The Morgan fingerprint density at radius 2 is 1.53 bits per heavy atom. The summed E-state index contributed by atoms with van der Waals surface area (Å²) in [7, 11) is 3.34. The van der Waals surface area contributed by atoms with Gasteiger partial charge in [-0.05, 0) is 46.4 Å². The second-order valence-electron chi connectivity index (χ2n) is 8.97. The maximum Gasteiger partial charge on any atom is 0.168 e. The average Bonchev–Trinajstić information content (AvgIpc) is 2.81. The minimum atomic E-state index is 0.0922. The number of ether oxygens (including phenoxy) is 2. The fraction of sp³-hybridized carbons (Fsp3) is 0.250. The Bertz CT molecular complexity index is 1260. The lowest BCUT2D eigenvalue weighted by molar-refractivity contribution is 0.356. The number of rotatable bonds is 5. The lowest BCUT2D eigenvalue weighted by atomic mass is 9.86. The van der Waals surface area contributed by atoms with Crippen LogP contribution in [0.3, 0.4) is 0 Å². The molecule has 0 amide bonds. The third-order valence-corrected chi connectivity index (χ3v) is 5.85. The van der Waals surface area contributed by atoms with Crippen molar-refractivity contribution in [3.63, 3.8) is 0 Å². The largest absolute Gasteiger partial charge is 0.493 e. The van der Waals surface area contributed by atoms with Crippen molar-refractivity contribution in [1.82, 2.24) is 4.98 Å². The molecule has 0 aliphatic heterocycles. The molecule has 0 saturated heterocycles. The van der Waals surface area contributed by atoms with E-state index >= 15 is 0 Å². The van der Waals surface area contributed by atoms with Crippen LogP contribution < -0.4 is 15.2 Å². The van der Waals surface area contributed by atoms with E-state index in [1.165, 1.54) is 5.56 Å². The molecule has 1 aromatic heterocycles. The number of nitrogens with zero attached hydrogens (tertiary/aromatic N) is 1. The zero-order chi connectivity index (χ0) is 22.9. The number of hydrogen-bond acceptors (Lipinski definition) is 4. The number of benzene rings is 3. The summed E-state index contributed by atoms with van der Waals surface area (Å²) in [6.07, 6.45) is 0. The van der Waals surface area contributed by atoms with Crippen molar-refractivity contribution in [2.24, 2.45) is 5.73 Å². The van der Waals surface area contributed by atoms with Crippen LogP contribution in [-0.4, -0.2) is 19.2 Å². The van der Waals surface area contributed by atoms with Gasteiger partial charge in [0, 0.05) is 23.1 Å². The molecule has 3 aromatic carbocycles. The average molecular weight is 427 g/mol. The summed E-state index contributed by atoms with van der Waals surface area (Å²) in [5.41, 5.74) is 13.3. The van der Waals surface area contributed by atoms with E-state index in [0.29, 0.717) is 18.0 Å². The fourth-order valence-corrected chi connectivity index (χ4v) is 4.05.